The number of ether oxygens (including phenoxy) is 1. The molecule has 1 aromatic rings. The Kier molecular flexibility index (Phi) is 4.40. The number of anilines is 1. The molecular formula is C15H22N2O2. The van der Waals surface area contributed by atoms with E-state index in [2.05, 4.69) is 17.2 Å². The first-order chi connectivity index (χ1) is 9.10. The van der Waals surface area contributed by atoms with Gasteiger partial charge in [0, 0.05) is 6.04 Å². The molecule has 1 N–H and O–H groups in total. The SMILES string of the molecule is COC(=O)c1ccc(NC2CCCC(C)C2)nc1C. The first kappa shape index (κ1) is 13.8. The lowest BCUT2D eigenvalue weighted by molar-refractivity contribution is 0.0599. The van der Waals surface area contributed by atoms with Crippen molar-refractivity contribution in [3.8, 4) is 0 Å². The highest BCUT2D eigenvalue weighted by atomic mass is 16.5. The number of hydrogen-bond donors (Lipinski definition) is 1. The molecule has 2 unspecified atom stereocenters. The van der Waals surface area contributed by atoms with E-state index in [-0.39, 0.29) is 5.97 Å². The van der Waals surface area contributed by atoms with E-state index in [4.69, 9.17) is 4.74 Å². The summed E-state index contributed by atoms with van der Waals surface area (Å²) < 4.78 is 4.72. The van der Waals surface area contributed by atoms with Crippen molar-refractivity contribution >= 4 is 11.8 Å². The van der Waals surface area contributed by atoms with E-state index in [1.807, 2.05) is 13.0 Å². The van der Waals surface area contributed by atoms with Gasteiger partial charge in [-0.2, -0.15) is 0 Å². The molecule has 4 nitrogen and oxygen atoms in total. The molecule has 4 heteroatoms. The molecule has 1 saturated carbocycles. The number of hydrogen-bond acceptors (Lipinski definition) is 4. The fourth-order valence-electron chi connectivity index (χ4n) is 2.74. The second-order valence-corrected chi connectivity index (χ2v) is 5.43. The number of carbonyl (C=O) groups is 1. The van der Waals surface area contributed by atoms with Crippen LogP contribution in [0.2, 0.25) is 0 Å². The molecule has 19 heavy (non-hydrogen) atoms. The number of aryl methyl sites for hydroxylation is 1. The normalized spacial score (nSPS) is 22.9. The van der Waals surface area contributed by atoms with Gasteiger partial charge in [0.05, 0.1) is 18.4 Å². The maximum Gasteiger partial charge on any atom is 0.339 e. The summed E-state index contributed by atoms with van der Waals surface area (Å²) in [5.74, 6) is 1.30. The summed E-state index contributed by atoms with van der Waals surface area (Å²) in [5, 5.41) is 3.47. The summed E-state index contributed by atoms with van der Waals surface area (Å²) in [4.78, 5) is 15.9. The molecule has 0 bridgehead atoms. The van der Waals surface area contributed by atoms with Gasteiger partial charge in [0.1, 0.15) is 5.82 Å². The van der Waals surface area contributed by atoms with Crippen molar-refractivity contribution in [3.05, 3.63) is 23.4 Å². The van der Waals surface area contributed by atoms with Crippen LogP contribution in [0.15, 0.2) is 12.1 Å². The number of nitrogens with zero attached hydrogens (tertiary/aromatic N) is 1. The molecule has 1 aliphatic rings. The summed E-state index contributed by atoms with van der Waals surface area (Å²) in [7, 11) is 1.39. The van der Waals surface area contributed by atoms with Gasteiger partial charge in [0.25, 0.3) is 0 Å². The number of pyridine rings is 1. The minimum atomic E-state index is -0.331. The van der Waals surface area contributed by atoms with Gasteiger partial charge in [-0.15, -0.1) is 0 Å². The molecule has 2 atom stereocenters. The van der Waals surface area contributed by atoms with Gasteiger partial charge in [-0.25, -0.2) is 9.78 Å². The van der Waals surface area contributed by atoms with E-state index in [1.165, 1.54) is 32.8 Å². The molecule has 0 radical (unpaired) electrons. The van der Waals surface area contributed by atoms with Gasteiger partial charge in [0.15, 0.2) is 0 Å². The Morgan fingerprint density at radius 2 is 2.21 bits per heavy atom. The summed E-state index contributed by atoms with van der Waals surface area (Å²) in [6, 6.07) is 4.14. The van der Waals surface area contributed by atoms with Crippen molar-refractivity contribution in [2.75, 3.05) is 12.4 Å². The van der Waals surface area contributed by atoms with Crippen LogP contribution in [0.3, 0.4) is 0 Å². The van der Waals surface area contributed by atoms with Crippen LogP contribution in [-0.4, -0.2) is 24.1 Å². The van der Waals surface area contributed by atoms with Crippen LogP contribution in [0.5, 0.6) is 0 Å². The van der Waals surface area contributed by atoms with Crippen LogP contribution < -0.4 is 5.32 Å². The largest absolute Gasteiger partial charge is 0.465 e. The van der Waals surface area contributed by atoms with Crippen LogP contribution >= 0.6 is 0 Å². The summed E-state index contributed by atoms with van der Waals surface area (Å²) >= 11 is 0. The van der Waals surface area contributed by atoms with Crippen LogP contribution in [0.25, 0.3) is 0 Å². The van der Waals surface area contributed by atoms with Gasteiger partial charge < -0.3 is 10.1 Å². The van der Waals surface area contributed by atoms with Crippen molar-refractivity contribution < 1.29 is 9.53 Å². The Bertz CT molecular complexity index is 459. The number of aromatic nitrogens is 1. The topological polar surface area (TPSA) is 51.2 Å². The Morgan fingerprint density at radius 3 is 2.84 bits per heavy atom. The average Bonchev–Trinajstić information content (AvgIpc) is 2.38. The zero-order chi connectivity index (χ0) is 13.8. The van der Waals surface area contributed by atoms with Crippen molar-refractivity contribution in [1.82, 2.24) is 4.98 Å². The molecule has 0 aromatic carbocycles. The fourth-order valence-corrected chi connectivity index (χ4v) is 2.74. The second-order valence-electron chi connectivity index (χ2n) is 5.43. The molecular weight excluding hydrogens is 240 g/mol. The highest BCUT2D eigenvalue weighted by Crippen LogP contribution is 2.26. The Hall–Kier alpha value is -1.58. The van der Waals surface area contributed by atoms with Crippen molar-refractivity contribution in [1.29, 1.82) is 0 Å². The fraction of sp³-hybridized carbons (Fsp3) is 0.600. The molecule has 1 aromatic heterocycles. The maximum absolute atomic E-state index is 11.5. The van der Waals surface area contributed by atoms with E-state index in [0.29, 0.717) is 17.3 Å². The lowest BCUT2D eigenvalue weighted by atomic mass is 9.87. The monoisotopic (exact) mass is 262 g/mol. The quantitative estimate of drug-likeness (QED) is 0.850. The molecule has 0 spiro atoms. The average molecular weight is 262 g/mol. The Balaban J connectivity index is 2.05. The van der Waals surface area contributed by atoms with E-state index < -0.39 is 0 Å². The minimum absolute atomic E-state index is 0.331. The first-order valence-corrected chi connectivity index (χ1v) is 6.92. The number of nitrogens with one attached hydrogen (secondary N) is 1. The van der Waals surface area contributed by atoms with Crippen molar-refractivity contribution in [2.45, 2.75) is 45.6 Å². The van der Waals surface area contributed by atoms with E-state index in [1.54, 1.807) is 6.07 Å². The van der Waals surface area contributed by atoms with Crippen LogP contribution in [-0.2, 0) is 4.74 Å². The van der Waals surface area contributed by atoms with Gasteiger partial charge in [-0.05, 0) is 37.8 Å². The highest BCUT2D eigenvalue weighted by molar-refractivity contribution is 5.90. The molecule has 104 valence electrons. The standard InChI is InChI=1S/C15H22N2O2/c1-10-5-4-6-12(9-10)17-14-8-7-13(11(2)16-14)15(18)19-3/h7-8,10,12H,4-6,9H2,1-3H3,(H,16,17). The molecule has 0 amide bonds. The van der Waals surface area contributed by atoms with Crippen LogP contribution in [0, 0.1) is 12.8 Å². The van der Waals surface area contributed by atoms with Crippen molar-refractivity contribution in [2.24, 2.45) is 5.92 Å². The van der Waals surface area contributed by atoms with Crippen molar-refractivity contribution in [3.63, 3.8) is 0 Å². The number of rotatable bonds is 3. The van der Waals surface area contributed by atoms with E-state index in [9.17, 15) is 4.79 Å². The number of esters is 1. The van der Waals surface area contributed by atoms with Gasteiger partial charge in [-0.1, -0.05) is 19.8 Å². The van der Waals surface area contributed by atoms with E-state index >= 15 is 0 Å². The molecule has 1 heterocycles. The lowest BCUT2D eigenvalue weighted by Crippen LogP contribution is -2.26. The number of carbonyl (C=O) groups excluding carboxylic acids is 1. The second kappa shape index (κ2) is 6.04. The molecule has 2 rings (SSSR count). The predicted molar refractivity (Wildman–Crippen MR) is 75.4 cm³/mol. The molecule has 1 fully saturated rings. The summed E-state index contributed by atoms with van der Waals surface area (Å²) in [6.45, 7) is 4.13. The van der Waals surface area contributed by atoms with Crippen LogP contribution in [0.1, 0.15) is 48.7 Å². The predicted octanol–water partition coefficient (Wildman–Crippen LogP) is 3.17. The van der Waals surface area contributed by atoms with Crippen LogP contribution in [0.4, 0.5) is 5.82 Å². The summed E-state index contributed by atoms with van der Waals surface area (Å²) in [6.07, 6.45) is 4.99. The maximum atomic E-state index is 11.5. The highest BCUT2D eigenvalue weighted by Gasteiger charge is 2.19. The van der Waals surface area contributed by atoms with Gasteiger partial charge >= 0.3 is 5.97 Å². The van der Waals surface area contributed by atoms with Gasteiger partial charge in [-0.3, -0.25) is 0 Å². The third-order valence-corrected chi connectivity index (χ3v) is 3.78. The Morgan fingerprint density at radius 1 is 1.42 bits per heavy atom. The molecule has 1 aliphatic carbocycles. The molecule has 0 saturated heterocycles. The third kappa shape index (κ3) is 3.46. The third-order valence-electron chi connectivity index (χ3n) is 3.78. The zero-order valence-electron chi connectivity index (χ0n) is 11.9. The lowest BCUT2D eigenvalue weighted by Gasteiger charge is -2.28. The number of methoxy groups -OCH3 is 1. The molecule has 0 aliphatic heterocycles. The summed E-state index contributed by atoms with van der Waals surface area (Å²) in [5.41, 5.74) is 1.24. The smallest absolute Gasteiger partial charge is 0.339 e. The first-order valence-electron chi connectivity index (χ1n) is 6.92. The Labute approximate surface area is 114 Å². The van der Waals surface area contributed by atoms with E-state index in [0.717, 1.165) is 11.7 Å². The zero-order valence-corrected chi connectivity index (χ0v) is 11.9. The minimum Gasteiger partial charge on any atom is -0.465 e. The van der Waals surface area contributed by atoms with Gasteiger partial charge in [0.2, 0.25) is 0 Å².